The Bertz CT molecular complexity index is 999. The number of ketones is 1. The molecule has 0 bridgehead atoms. The molecule has 6 nitrogen and oxygen atoms in total. The molecule has 0 N–H and O–H groups in total. The summed E-state index contributed by atoms with van der Waals surface area (Å²) in [6.07, 6.45) is 3.33. The molecule has 0 aliphatic carbocycles. The van der Waals surface area contributed by atoms with Crippen molar-refractivity contribution in [2.75, 3.05) is 26.2 Å². The molecular formula is C20H22N2O4S2. The standard InChI is InChI=1S/C20H22N2O4S2/c1-15-3-6-18(27-15)7-10-20(24)21-11-13-22(14-12-21)28(25,26)19-8-4-17(5-9-19)16(2)23/h3-10H,11-14H2,1-2H3/b10-7+. The minimum Gasteiger partial charge on any atom is -0.337 e. The predicted octanol–water partition coefficient (Wildman–Crippen LogP) is 2.81. The lowest BCUT2D eigenvalue weighted by molar-refractivity contribution is -0.127. The Balaban J connectivity index is 1.61. The van der Waals surface area contributed by atoms with Gasteiger partial charge >= 0.3 is 0 Å². The Kier molecular flexibility index (Phi) is 6.12. The second-order valence-electron chi connectivity index (χ2n) is 6.59. The number of sulfonamides is 1. The monoisotopic (exact) mass is 418 g/mol. The van der Waals surface area contributed by atoms with Gasteiger partial charge in [0.05, 0.1) is 4.90 Å². The smallest absolute Gasteiger partial charge is 0.246 e. The number of benzene rings is 1. The average molecular weight is 419 g/mol. The zero-order valence-corrected chi connectivity index (χ0v) is 17.4. The Labute approximate surface area is 169 Å². The third-order valence-electron chi connectivity index (χ3n) is 4.60. The van der Waals surface area contributed by atoms with Crippen LogP contribution in [-0.4, -0.2) is 55.5 Å². The first-order valence-electron chi connectivity index (χ1n) is 8.92. The van der Waals surface area contributed by atoms with Gasteiger partial charge in [0.25, 0.3) is 0 Å². The number of nitrogens with zero attached hydrogens (tertiary/aromatic N) is 2. The fraction of sp³-hybridized carbons (Fsp3) is 0.300. The van der Waals surface area contributed by atoms with Gasteiger partial charge in [-0.05, 0) is 44.2 Å². The highest BCUT2D eigenvalue weighted by atomic mass is 32.2. The van der Waals surface area contributed by atoms with E-state index in [-0.39, 0.29) is 29.7 Å². The van der Waals surface area contributed by atoms with Crippen molar-refractivity contribution in [1.29, 1.82) is 0 Å². The molecule has 2 heterocycles. The molecule has 1 aromatic carbocycles. The van der Waals surface area contributed by atoms with Crippen LogP contribution in [0.1, 0.15) is 27.0 Å². The fourth-order valence-electron chi connectivity index (χ4n) is 2.96. The first-order chi connectivity index (χ1) is 13.3. The molecule has 1 fully saturated rings. The molecule has 1 saturated heterocycles. The van der Waals surface area contributed by atoms with Gasteiger partial charge in [-0.15, -0.1) is 11.3 Å². The molecule has 0 atom stereocenters. The van der Waals surface area contributed by atoms with Crippen LogP contribution in [-0.2, 0) is 14.8 Å². The van der Waals surface area contributed by atoms with E-state index in [1.807, 2.05) is 19.1 Å². The Morgan fingerprint density at radius 3 is 2.18 bits per heavy atom. The van der Waals surface area contributed by atoms with E-state index in [4.69, 9.17) is 0 Å². The molecule has 2 aromatic rings. The summed E-state index contributed by atoms with van der Waals surface area (Å²) in [4.78, 5) is 27.7. The van der Waals surface area contributed by atoms with Crippen LogP contribution in [0.25, 0.3) is 6.08 Å². The van der Waals surface area contributed by atoms with Crippen LogP contribution >= 0.6 is 11.3 Å². The molecule has 0 spiro atoms. The summed E-state index contributed by atoms with van der Waals surface area (Å²) >= 11 is 1.61. The van der Waals surface area contributed by atoms with E-state index in [9.17, 15) is 18.0 Å². The van der Waals surface area contributed by atoms with Crippen LogP contribution in [0.5, 0.6) is 0 Å². The second kappa shape index (κ2) is 8.38. The van der Waals surface area contributed by atoms with Gasteiger partial charge < -0.3 is 4.90 Å². The van der Waals surface area contributed by atoms with Crippen LogP contribution in [0.2, 0.25) is 0 Å². The maximum Gasteiger partial charge on any atom is 0.246 e. The summed E-state index contributed by atoms with van der Waals surface area (Å²) in [7, 11) is -3.64. The third-order valence-corrected chi connectivity index (χ3v) is 7.48. The number of hydrogen-bond acceptors (Lipinski definition) is 5. The van der Waals surface area contributed by atoms with E-state index in [0.29, 0.717) is 18.7 Å². The molecule has 1 amide bonds. The van der Waals surface area contributed by atoms with Gasteiger partial charge in [-0.3, -0.25) is 9.59 Å². The summed E-state index contributed by atoms with van der Waals surface area (Å²) in [6.45, 7) is 4.63. The van der Waals surface area contributed by atoms with E-state index in [2.05, 4.69) is 0 Å². The van der Waals surface area contributed by atoms with Crippen molar-refractivity contribution in [1.82, 2.24) is 9.21 Å². The Morgan fingerprint density at radius 2 is 1.64 bits per heavy atom. The highest BCUT2D eigenvalue weighted by Gasteiger charge is 2.29. The van der Waals surface area contributed by atoms with Crippen LogP contribution in [0, 0.1) is 6.92 Å². The van der Waals surface area contributed by atoms with Gasteiger partial charge in [0.15, 0.2) is 5.78 Å². The zero-order chi connectivity index (χ0) is 20.3. The highest BCUT2D eigenvalue weighted by molar-refractivity contribution is 7.89. The maximum atomic E-state index is 12.8. The minimum absolute atomic E-state index is 0.109. The number of aryl methyl sites for hydroxylation is 1. The summed E-state index contributed by atoms with van der Waals surface area (Å²) in [5.41, 5.74) is 0.474. The molecule has 0 radical (unpaired) electrons. The van der Waals surface area contributed by atoms with Crippen LogP contribution in [0.15, 0.2) is 47.4 Å². The van der Waals surface area contributed by atoms with Crippen LogP contribution < -0.4 is 0 Å². The molecule has 0 unspecified atom stereocenters. The lowest BCUT2D eigenvalue weighted by Crippen LogP contribution is -2.50. The quantitative estimate of drug-likeness (QED) is 0.553. The van der Waals surface area contributed by atoms with Crippen LogP contribution in [0.3, 0.4) is 0 Å². The average Bonchev–Trinajstić information content (AvgIpc) is 3.11. The van der Waals surface area contributed by atoms with Gasteiger partial charge in [0.2, 0.25) is 15.9 Å². The van der Waals surface area contributed by atoms with Crippen LogP contribution in [0.4, 0.5) is 0 Å². The second-order valence-corrected chi connectivity index (χ2v) is 9.85. The molecule has 28 heavy (non-hydrogen) atoms. The van der Waals surface area contributed by atoms with Gasteiger partial charge in [-0.1, -0.05) is 12.1 Å². The van der Waals surface area contributed by atoms with E-state index < -0.39 is 10.0 Å². The summed E-state index contributed by atoms with van der Waals surface area (Å²) < 4.78 is 26.9. The largest absolute Gasteiger partial charge is 0.337 e. The van der Waals surface area contributed by atoms with Crippen molar-refractivity contribution in [3.63, 3.8) is 0 Å². The van der Waals surface area contributed by atoms with Crippen molar-refractivity contribution >= 4 is 39.1 Å². The lowest BCUT2D eigenvalue weighted by Gasteiger charge is -2.33. The summed E-state index contributed by atoms with van der Waals surface area (Å²) in [6, 6.07) is 9.91. The molecule has 8 heteroatoms. The SMILES string of the molecule is CC(=O)c1ccc(S(=O)(=O)N2CCN(C(=O)/C=C/c3ccc(C)s3)CC2)cc1. The molecule has 1 aromatic heterocycles. The molecule has 3 rings (SSSR count). The minimum atomic E-state index is -3.64. The number of carbonyl (C=O) groups is 2. The van der Waals surface area contributed by atoms with Gasteiger partial charge in [0, 0.05) is 47.6 Å². The van der Waals surface area contributed by atoms with Crippen molar-refractivity contribution < 1.29 is 18.0 Å². The number of thiophene rings is 1. The highest BCUT2D eigenvalue weighted by Crippen LogP contribution is 2.19. The molecular weight excluding hydrogens is 396 g/mol. The van der Waals surface area contributed by atoms with Crippen molar-refractivity contribution in [3.05, 3.63) is 57.8 Å². The Hall–Kier alpha value is -2.29. The number of amides is 1. The van der Waals surface area contributed by atoms with Crippen molar-refractivity contribution in [3.8, 4) is 0 Å². The van der Waals surface area contributed by atoms with E-state index in [1.165, 1.54) is 46.4 Å². The molecule has 1 aliphatic rings. The zero-order valence-electron chi connectivity index (χ0n) is 15.8. The van der Waals surface area contributed by atoms with Gasteiger partial charge in [-0.25, -0.2) is 8.42 Å². The topological polar surface area (TPSA) is 74.8 Å². The van der Waals surface area contributed by atoms with Crippen molar-refractivity contribution in [2.45, 2.75) is 18.7 Å². The molecule has 148 valence electrons. The molecule has 0 saturated carbocycles. The number of rotatable bonds is 5. The summed E-state index contributed by atoms with van der Waals surface area (Å²) in [5.74, 6) is -0.226. The fourth-order valence-corrected chi connectivity index (χ4v) is 5.16. The lowest BCUT2D eigenvalue weighted by atomic mass is 10.2. The first kappa shape index (κ1) is 20.4. The van der Waals surface area contributed by atoms with E-state index in [0.717, 1.165) is 4.88 Å². The van der Waals surface area contributed by atoms with Gasteiger partial charge in [-0.2, -0.15) is 4.31 Å². The van der Waals surface area contributed by atoms with Gasteiger partial charge in [0.1, 0.15) is 0 Å². The number of Topliss-reactive ketones (excluding diaryl/α,β-unsaturated/α-hetero) is 1. The molecule has 1 aliphatic heterocycles. The summed E-state index contributed by atoms with van der Waals surface area (Å²) in [5, 5.41) is 0. The number of hydrogen-bond donors (Lipinski definition) is 0. The Morgan fingerprint density at radius 1 is 1.00 bits per heavy atom. The maximum absolute atomic E-state index is 12.8. The third kappa shape index (κ3) is 4.57. The first-order valence-corrected chi connectivity index (χ1v) is 11.2. The van der Waals surface area contributed by atoms with E-state index >= 15 is 0 Å². The van der Waals surface area contributed by atoms with Crippen molar-refractivity contribution in [2.24, 2.45) is 0 Å². The normalized spacial score (nSPS) is 15.9. The number of carbonyl (C=O) groups excluding carboxylic acids is 2. The van der Waals surface area contributed by atoms with E-state index in [1.54, 1.807) is 22.3 Å². The predicted molar refractivity (Wildman–Crippen MR) is 110 cm³/mol. The number of piperazine rings is 1.